The molecular weight excluding hydrogens is 202 g/mol. The van der Waals surface area contributed by atoms with Crippen LogP contribution >= 0.6 is 0 Å². The Morgan fingerprint density at radius 2 is 2.00 bits per heavy atom. The lowest BCUT2D eigenvalue weighted by Crippen LogP contribution is -2.39. The Labute approximate surface area is 96.7 Å². The maximum absolute atomic E-state index is 11.6. The van der Waals surface area contributed by atoms with E-state index in [1.54, 1.807) is 4.57 Å². The fourth-order valence-corrected chi connectivity index (χ4v) is 1.59. The van der Waals surface area contributed by atoms with E-state index in [-0.39, 0.29) is 11.2 Å². The van der Waals surface area contributed by atoms with Crippen LogP contribution in [0.2, 0.25) is 0 Å². The van der Waals surface area contributed by atoms with Crippen LogP contribution in [0.4, 0.5) is 0 Å². The second-order valence-corrected chi connectivity index (χ2v) is 5.15. The van der Waals surface area contributed by atoms with Gasteiger partial charge in [-0.1, -0.05) is 0 Å². The van der Waals surface area contributed by atoms with Gasteiger partial charge in [0.15, 0.2) is 0 Å². The van der Waals surface area contributed by atoms with Crippen molar-refractivity contribution >= 4 is 0 Å². The molecule has 0 atom stereocenters. The molecule has 1 aromatic rings. The summed E-state index contributed by atoms with van der Waals surface area (Å²) in [4.78, 5) is 15.6. The molecule has 4 heteroatoms. The summed E-state index contributed by atoms with van der Waals surface area (Å²) in [5.41, 5.74) is 1.67. The van der Waals surface area contributed by atoms with Gasteiger partial charge in [-0.3, -0.25) is 4.57 Å². The Morgan fingerprint density at radius 3 is 2.50 bits per heavy atom. The molecule has 4 nitrogen and oxygen atoms in total. The van der Waals surface area contributed by atoms with Crippen molar-refractivity contribution in [3.8, 4) is 0 Å². The minimum atomic E-state index is -0.159. The van der Waals surface area contributed by atoms with E-state index in [4.69, 9.17) is 0 Å². The van der Waals surface area contributed by atoms with Gasteiger partial charge in [0.2, 0.25) is 0 Å². The van der Waals surface area contributed by atoms with E-state index in [0.717, 1.165) is 17.9 Å². The molecule has 1 N–H and O–H groups in total. The highest BCUT2D eigenvalue weighted by Gasteiger charge is 2.09. The lowest BCUT2D eigenvalue weighted by Gasteiger charge is -2.21. The molecule has 0 saturated carbocycles. The summed E-state index contributed by atoms with van der Waals surface area (Å²) in [5.74, 6) is 0. The first kappa shape index (κ1) is 12.9. The van der Waals surface area contributed by atoms with Crippen LogP contribution < -0.4 is 11.0 Å². The third kappa shape index (κ3) is 3.77. The molecule has 0 bridgehead atoms. The summed E-state index contributed by atoms with van der Waals surface area (Å²) in [6, 6.07) is 1.93. The topological polar surface area (TPSA) is 46.9 Å². The second-order valence-electron chi connectivity index (χ2n) is 5.15. The van der Waals surface area contributed by atoms with Gasteiger partial charge in [-0.2, -0.15) is 4.98 Å². The van der Waals surface area contributed by atoms with Crippen LogP contribution in [0.1, 0.15) is 32.2 Å². The number of hydrogen-bond acceptors (Lipinski definition) is 3. The van der Waals surface area contributed by atoms with Gasteiger partial charge in [-0.05, 0) is 40.7 Å². The molecule has 0 amide bonds. The zero-order valence-corrected chi connectivity index (χ0v) is 10.8. The molecule has 0 spiro atoms. The third-order valence-electron chi connectivity index (χ3n) is 2.34. The van der Waals surface area contributed by atoms with E-state index < -0.39 is 0 Å². The normalized spacial score (nSPS) is 11.8. The summed E-state index contributed by atoms with van der Waals surface area (Å²) in [5, 5.41) is 3.35. The molecule has 0 aromatic carbocycles. The van der Waals surface area contributed by atoms with E-state index in [9.17, 15) is 4.79 Å². The summed E-state index contributed by atoms with van der Waals surface area (Å²) >= 11 is 0. The first-order valence-corrected chi connectivity index (χ1v) is 5.60. The summed E-state index contributed by atoms with van der Waals surface area (Å²) in [6.45, 7) is 11.5. The Bertz CT molecular complexity index is 415. The highest BCUT2D eigenvalue weighted by molar-refractivity contribution is 5.06. The summed E-state index contributed by atoms with van der Waals surface area (Å²) in [6.07, 6.45) is 0. The van der Waals surface area contributed by atoms with Crippen LogP contribution in [0.25, 0.3) is 0 Å². The van der Waals surface area contributed by atoms with Crippen LogP contribution in [-0.2, 0) is 6.54 Å². The summed E-state index contributed by atoms with van der Waals surface area (Å²) < 4.78 is 1.70. The van der Waals surface area contributed by atoms with E-state index in [2.05, 4.69) is 31.1 Å². The monoisotopic (exact) mass is 223 g/mol. The van der Waals surface area contributed by atoms with Gasteiger partial charge in [0.05, 0.1) is 0 Å². The van der Waals surface area contributed by atoms with E-state index in [1.807, 2.05) is 19.9 Å². The van der Waals surface area contributed by atoms with Crippen molar-refractivity contribution in [2.45, 2.75) is 46.7 Å². The Kier molecular flexibility index (Phi) is 3.86. The van der Waals surface area contributed by atoms with E-state index in [0.29, 0.717) is 6.54 Å². The Hall–Kier alpha value is -1.16. The van der Waals surface area contributed by atoms with Crippen molar-refractivity contribution in [2.75, 3.05) is 6.54 Å². The van der Waals surface area contributed by atoms with Gasteiger partial charge in [-0.25, -0.2) is 4.79 Å². The first-order chi connectivity index (χ1) is 7.29. The van der Waals surface area contributed by atoms with Gasteiger partial charge in [-0.15, -0.1) is 0 Å². The molecule has 1 rings (SSSR count). The van der Waals surface area contributed by atoms with Crippen molar-refractivity contribution in [1.29, 1.82) is 0 Å². The van der Waals surface area contributed by atoms with E-state index in [1.165, 1.54) is 0 Å². The molecule has 0 saturated heterocycles. The van der Waals surface area contributed by atoms with E-state index >= 15 is 0 Å². The molecule has 90 valence electrons. The molecular formula is C12H21N3O. The predicted octanol–water partition coefficient (Wildman–Crippen LogP) is 1.25. The molecule has 0 aliphatic heterocycles. The third-order valence-corrected chi connectivity index (χ3v) is 2.34. The number of rotatable bonds is 3. The lowest BCUT2D eigenvalue weighted by molar-refractivity contribution is 0.407. The van der Waals surface area contributed by atoms with Crippen LogP contribution in [-0.4, -0.2) is 21.6 Å². The quantitative estimate of drug-likeness (QED) is 0.839. The van der Waals surface area contributed by atoms with Crippen LogP contribution in [0.5, 0.6) is 0 Å². The van der Waals surface area contributed by atoms with Crippen molar-refractivity contribution in [3.63, 3.8) is 0 Å². The average Bonchev–Trinajstić information content (AvgIpc) is 2.07. The second kappa shape index (κ2) is 4.78. The van der Waals surface area contributed by atoms with Gasteiger partial charge in [0, 0.05) is 30.0 Å². The van der Waals surface area contributed by atoms with Crippen LogP contribution in [0.15, 0.2) is 10.9 Å². The molecule has 0 radical (unpaired) electrons. The zero-order chi connectivity index (χ0) is 12.3. The molecule has 16 heavy (non-hydrogen) atoms. The lowest BCUT2D eigenvalue weighted by atomic mass is 10.1. The number of hydrogen-bond donors (Lipinski definition) is 1. The fourth-order valence-electron chi connectivity index (χ4n) is 1.59. The first-order valence-electron chi connectivity index (χ1n) is 5.60. The standard InChI is InChI=1S/C12H21N3O/c1-9-8-10(2)15(11(16)14-9)7-6-13-12(3,4)5/h8,13H,6-7H2,1-5H3. The zero-order valence-electron chi connectivity index (χ0n) is 10.8. The smallest absolute Gasteiger partial charge is 0.310 e. The number of aromatic nitrogens is 2. The minimum absolute atomic E-state index is 0.0790. The predicted molar refractivity (Wildman–Crippen MR) is 65.7 cm³/mol. The van der Waals surface area contributed by atoms with Gasteiger partial charge in [0.1, 0.15) is 0 Å². The molecule has 0 aliphatic rings. The minimum Gasteiger partial charge on any atom is -0.310 e. The Balaban J connectivity index is 2.72. The number of nitrogens with zero attached hydrogens (tertiary/aromatic N) is 2. The number of aryl methyl sites for hydroxylation is 2. The Morgan fingerprint density at radius 1 is 1.38 bits per heavy atom. The maximum Gasteiger partial charge on any atom is 0.347 e. The van der Waals surface area contributed by atoms with Gasteiger partial charge >= 0.3 is 5.69 Å². The molecule has 1 heterocycles. The maximum atomic E-state index is 11.6. The largest absolute Gasteiger partial charge is 0.347 e. The van der Waals surface area contributed by atoms with Crippen molar-refractivity contribution in [1.82, 2.24) is 14.9 Å². The fraction of sp³-hybridized carbons (Fsp3) is 0.667. The van der Waals surface area contributed by atoms with Crippen LogP contribution in [0, 0.1) is 13.8 Å². The van der Waals surface area contributed by atoms with Crippen molar-refractivity contribution < 1.29 is 0 Å². The molecule has 0 aliphatic carbocycles. The highest BCUT2D eigenvalue weighted by Crippen LogP contribution is 1.99. The van der Waals surface area contributed by atoms with Crippen molar-refractivity contribution in [3.05, 3.63) is 27.9 Å². The van der Waals surface area contributed by atoms with Crippen molar-refractivity contribution in [2.24, 2.45) is 0 Å². The highest BCUT2D eigenvalue weighted by atomic mass is 16.1. The SMILES string of the molecule is Cc1cc(C)n(CCNC(C)(C)C)c(=O)n1. The molecule has 0 fully saturated rings. The summed E-state index contributed by atoms with van der Waals surface area (Å²) in [7, 11) is 0. The van der Waals surface area contributed by atoms with Gasteiger partial charge < -0.3 is 5.32 Å². The van der Waals surface area contributed by atoms with Gasteiger partial charge in [0.25, 0.3) is 0 Å². The number of nitrogens with one attached hydrogen (secondary N) is 1. The molecule has 0 unspecified atom stereocenters. The average molecular weight is 223 g/mol. The van der Waals surface area contributed by atoms with Crippen LogP contribution in [0.3, 0.4) is 0 Å². The molecule has 1 aromatic heterocycles.